The first-order chi connectivity index (χ1) is 13.8. The van der Waals surface area contributed by atoms with E-state index >= 15 is 0 Å². The predicted molar refractivity (Wildman–Crippen MR) is 105 cm³/mol. The molecule has 29 heavy (non-hydrogen) atoms. The lowest BCUT2D eigenvalue weighted by Crippen LogP contribution is -2.29. The molecular formula is C20H21FN6O2. The molecule has 0 aliphatic carbocycles. The van der Waals surface area contributed by atoms with E-state index in [0.717, 1.165) is 17.0 Å². The first-order valence-electron chi connectivity index (χ1n) is 9.13. The number of aromatic nitrogens is 4. The summed E-state index contributed by atoms with van der Waals surface area (Å²) in [5.74, 6) is -0.467. The second-order valence-electron chi connectivity index (χ2n) is 7.13. The van der Waals surface area contributed by atoms with Crippen molar-refractivity contribution in [3.05, 3.63) is 52.7 Å². The minimum absolute atomic E-state index is 0.113. The number of amides is 1. The molecule has 0 spiro atoms. The molecular weight excluding hydrogens is 375 g/mol. The van der Waals surface area contributed by atoms with E-state index in [9.17, 15) is 9.18 Å². The lowest BCUT2D eigenvalue weighted by Gasteiger charge is -2.24. The highest BCUT2D eigenvalue weighted by molar-refractivity contribution is 5.95. The Hall–Kier alpha value is -3.49. The largest absolute Gasteiger partial charge is 0.467 e. The van der Waals surface area contributed by atoms with Gasteiger partial charge < -0.3 is 15.4 Å². The van der Waals surface area contributed by atoms with E-state index in [0.29, 0.717) is 23.4 Å². The maximum atomic E-state index is 14.0. The van der Waals surface area contributed by atoms with Gasteiger partial charge in [0, 0.05) is 30.8 Å². The Kier molecular flexibility index (Phi) is 4.45. The highest BCUT2D eigenvalue weighted by atomic mass is 19.1. The van der Waals surface area contributed by atoms with Gasteiger partial charge in [-0.3, -0.25) is 9.48 Å². The van der Waals surface area contributed by atoms with Gasteiger partial charge in [0.05, 0.1) is 29.8 Å². The number of aryl methyl sites for hydroxylation is 2. The molecule has 9 heteroatoms. The van der Waals surface area contributed by atoms with Gasteiger partial charge in [-0.25, -0.2) is 14.4 Å². The summed E-state index contributed by atoms with van der Waals surface area (Å²) < 4.78 is 21.6. The smallest absolute Gasteiger partial charge is 0.258 e. The topological polar surface area (TPSA) is 99.2 Å². The Balaban J connectivity index is 1.97. The van der Waals surface area contributed by atoms with Crippen LogP contribution in [0, 0.1) is 12.7 Å². The minimum atomic E-state index is -0.668. The first kappa shape index (κ1) is 18.9. The summed E-state index contributed by atoms with van der Waals surface area (Å²) in [4.78, 5) is 23.5. The summed E-state index contributed by atoms with van der Waals surface area (Å²) in [7, 11) is 3.50. The molecule has 3 aromatic rings. The van der Waals surface area contributed by atoms with Crippen LogP contribution in [0.4, 0.5) is 10.2 Å². The Morgan fingerprint density at radius 1 is 1.31 bits per heavy atom. The molecule has 8 nitrogen and oxygen atoms in total. The monoisotopic (exact) mass is 396 g/mol. The minimum Gasteiger partial charge on any atom is -0.467 e. The van der Waals surface area contributed by atoms with Crippen molar-refractivity contribution in [3.8, 4) is 17.1 Å². The number of carbonyl (C=O) groups excluding carboxylic acids is 1. The van der Waals surface area contributed by atoms with Crippen LogP contribution in [-0.2, 0) is 13.6 Å². The fraction of sp³-hybridized carbons (Fsp3) is 0.300. The maximum Gasteiger partial charge on any atom is 0.258 e. The van der Waals surface area contributed by atoms with E-state index in [-0.39, 0.29) is 17.6 Å². The van der Waals surface area contributed by atoms with Crippen molar-refractivity contribution in [2.24, 2.45) is 7.05 Å². The van der Waals surface area contributed by atoms with Crippen LogP contribution in [0.2, 0.25) is 0 Å². The Labute approximate surface area is 167 Å². The summed E-state index contributed by atoms with van der Waals surface area (Å²) in [6.45, 7) is 3.87. The molecule has 150 valence electrons. The SMILES string of the molecule is Cc1nn(C)c2c1-c1cnc(N)c(n1)O[C@H](C)c1cc(F)ccc1C(=O)N(C)C2. The number of rotatable bonds is 0. The molecule has 1 aliphatic rings. The van der Waals surface area contributed by atoms with Crippen molar-refractivity contribution >= 4 is 11.7 Å². The lowest BCUT2D eigenvalue weighted by atomic mass is 10.0. The van der Waals surface area contributed by atoms with Gasteiger partial charge in [-0.1, -0.05) is 0 Å². The van der Waals surface area contributed by atoms with Crippen LogP contribution in [0.15, 0.2) is 24.4 Å². The highest BCUT2D eigenvalue weighted by Crippen LogP contribution is 2.33. The number of nitrogen functional groups attached to an aromatic ring is 1. The zero-order valence-corrected chi connectivity index (χ0v) is 16.6. The summed E-state index contributed by atoms with van der Waals surface area (Å²) in [5.41, 5.74) is 9.60. The number of carbonyl (C=O) groups is 1. The van der Waals surface area contributed by atoms with Crippen LogP contribution >= 0.6 is 0 Å². The number of anilines is 1. The molecule has 0 radical (unpaired) electrons. The van der Waals surface area contributed by atoms with E-state index in [1.807, 2.05) is 14.0 Å². The number of fused-ring (bicyclic) bond motifs is 5. The third kappa shape index (κ3) is 3.18. The zero-order valence-electron chi connectivity index (χ0n) is 16.6. The van der Waals surface area contributed by atoms with Crippen molar-refractivity contribution in [2.75, 3.05) is 12.8 Å². The molecule has 2 bridgehead atoms. The van der Waals surface area contributed by atoms with Gasteiger partial charge in [0.2, 0.25) is 0 Å². The van der Waals surface area contributed by atoms with E-state index < -0.39 is 11.9 Å². The van der Waals surface area contributed by atoms with Crippen LogP contribution in [-0.4, -0.2) is 37.6 Å². The molecule has 2 N–H and O–H groups in total. The molecule has 1 amide bonds. The molecule has 0 saturated heterocycles. The average Bonchev–Trinajstić information content (AvgIpc) is 2.95. The number of benzene rings is 1. The number of nitrogens with two attached hydrogens (primary N) is 1. The van der Waals surface area contributed by atoms with Gasteiger partial charge in [-0.2, -0.15) is 5.10 Å². The summed E-state index contributed by atoms with van der Waals surface area (Å²) in [6, 6.07) is 4.03. The van der Waals surface area contributed by atoms with Crippen molar-refractivity contribution < 1.29 is 13.9 Å². The molecule has 1 atom stereocenters. The standard InChI is InChI=1S/C20H21FN6O2/c1-10-17-15-8-23-18(22)19(24-15)29-11(2)14-7-12(21)5-6-13(14)20(28)26(3)9-16(17)27(4)25-10/h5-8,11H,9H2,1-4H3,(H2,22,23)/t11-/m1/s1. The molecule has 0 saturated carbocycles. The van der Waals surface area contributed by atoms with E-state index in [2.05, 4.69) is 15.1 Å². The molecule has 0 unspecified atom stereocenters. The van der Waals surface area contributed by atoms with Gasteiger partial charge >= 0.3 is 0 Å². The molecule has 1 aromatic carbocycles. The van der Waals surface area contributed by atoms with Crippen LogP contribution < -0.4 is 10.5 Å². The quantitative estimate of drug-likeness (QED) is 0.627. The highest BCUT2D eigenvalue weighted by Gasteiger charge is 2.26. The predicted octanol–water partition coefficient (Wildman–Crippen LogP) is 2.63. The molecule has 4 rings (SSSR count). The van der Waals surface area contributed by atoms with Crippen LogP contribution in [0.3, 0.4) is 0 Å². The van der Waals surface area contributed by atoms with Gasteiger partial charge in [-0.15, -0.1) is 0 Å². The van der Waals surface area contributed by atoms with E-state index in [1.54, 1.807) is 29.7 Å². The van der Waals surface area contributed by atoms with Gasteiger partial charge in [0.15, 0.2) is 5.82 Å². The Bertz CT molecular complexity index is 1130. The second-order valence-corrected chi connectivity index (χ2v) is 7.13. The normalized spacial score (nSPS) is 16.4. The second kappa shape index (κ2) is 6.84. The van der Waals surface area contributed by atoms with Crippen molar-refractivity contribution in [1.29, 1.82) is 0 Å². The zero-order chi connectivity index (χ0) is 20.9. The van der Waals surface area contributed by atoms with Crippen LogP contribution in [0.1, 0.15) is 40.3 Å². The van der Waals surface area contributed by atoms with Gasteiger partial charge in [0.25, 0.3) is 11.8 Å². The third-order valence-corrected chi connectivity index (χ3v) is 5.07. The molecule has 1 aliphatic heterocycles. The molecule has 0 fully saturated rings. The van der Waals surface area contributed by atoms with E-state index in [4.69, 9.17) is 10.5 Å². The fourth-order valence-electron chi connectivity index (χ4n) is 3.61. The van der Waals surface area contributed by atoms with Gasteiger partial charge in [-0.05, 0) is 32.0 Å². The number of hydrogen-bond donors (Lipinski definition) is 1. The van der Waals surface area contributed by atoms with Crippen molar-refractivity contribution in [3.63, 3.8) is 0 Å². The molecule has 3 heterocycles. The van der Waals surface area contributed by atoms with E-state index in [1.165, 1.54) is 18.2 Å². The molecule has 2 aromatic heterocycles. The van der Waals surface area contributed by atoms with Crippen molar-refractivity contribution in [2.45, 2.75) is 26.5 Å². The lowest BCUT2D eigenvalue weighted by molar-refractivity contribution is 0.0776. The van der Waals surface area contributed by atoms with Crippen molar-refractivity contribution in [1.82, 2.24) is 24.6 Å². The third-order valence-electron chi connectivity index (χ3n) is 5.07. The summed E-state index contributed by atoms with van der Waals surface area (Å²) >= 11 is 0. The maximum absolute atomic E-state index is 14.0. The number of hydrogen-bond acceptors (Lipinski definition) is 6. The fourth-order valence-corrected chi connectivity index (χ4v) is 3.61. The first-order valence-corrected chi connectivity index (χ1v) is 9.13. The Morgan fingerprint density at radius 2 is 2.07 bits per heavy atom. The van der Waals surface area contributed by atoms with Crippen LogP contribution in [0.25, 0.3) is 11.3 Å². The Morgan fingerprint density at radius 3 is 2.83 bits per heavy atom. The number of ether oxygens (including phenoxy) is 1. The summed E-state index contributed by atoms with van der Waals surface area (Å²) in [5, 5.41) is 4.48. The van der Waals surface area contributed by atoms with Gasteiger partial charge in [0.1, 0.15) is 11.9 Å². The average molecular weight is 396 g/mol. The van der Waals surface area contributed by atoms with Crippen LogP contribution in [0.5, 0.6) is 5.88 Å². The summed E-state index contributed by atoms with van der Waals surface area (Å²) in [6.07, 6.45) is 0.889. The number of nitrogens with zero attached hydrogens (tertiary/aromatic N) is 5. The number of halogens is 1.